The molecule has 2 N–H and O–H groups in total. The summed E-state index contributed by atoms with van der Waals surface area (Å²) in [6.45, 7) is 0. The number of benzene rings is 3. The van der Waals surface area contributed by atoms with Crippen molar-refractivity contribution in [3.63, 3.8) is 0 Å². The van der Waals surface area contributed by atoms with E-state index in [-0.39, 0.29) is 11.7 Å². The third-order valence-electron chi connectivity index (χ3n) is 3.95. The molecule has 1 aromatic heterocycles. The number of amides is 1. The number of carbonyl (C=O) groups is 1. The van der Waals surface area contributed by atoms with Crippen LogP contribution in [0.1, 0.15) is 5.56 Å². The zero-order valence-electron chi connectivity index (χ0n) is 15.4. The average molecular weight is 402 g/mol. The summed E-state index contributed by atoms with van der Waals surface area (Å²) in [6, 6.07) is 24.8. The minimum atomic E-state index is -0.205. The predicted octanol–water partition coefficient (Wildman–Crippen LogP) is 4.60. The van der Waals surface area contributed by atoms with Gasteiger partial charge in [-0.1, -0.05) is 54.2 Å². The van der Waals surface area contributed by atoms with E-state index in [2.05, 4.69) is 20.5 Å². The summed E-state index contributed by atoms with van der Waals surface area (Å²) in [5, 5.41) is 4.73. The Morgan fingerprint density at radius 3 is 2.69 bits per heavy atom. The lowest BCUT2D eigenvalue weighted by atomic mass is 10.2. The van der Waals surface area contributed by atoms with Crippen LogP contribution in [0, 0.1) is 0 Å². The van der Waals surface area contributed by atoms with E-state index in [4.69, 9.17) is 4.74 Å². The second-order valence-corrected chi connectivity index (χ2v) is 7.09. The van der Waals surface area contributed by atoms with E-state index in [0.29, 0.717) is 10.9 Å². The minimum absolute atomic E-state index is 0.205. The summed E-state index contributed by atoms with van der Waals surface area (Å²) in [7, 11) is 0. The fraction of sp³-hybridized carbons (Fsp3) is 0.0455. The molecule has 0 saturated heterocycles. The standard InChI is InChI=1S/C22H18N4O2S/c27-21(15-29-22-24-19-11-4-5-12-20(19)25-22)26-23-14-16-7-6-10-18(13-16)28-17-8-2-1-3-9-17/h1-14H,15H2,(H,24,25)(H,26,27)/b23-14-. The molecule has 0 bridgehead atoms. The highest BCUT2D eigenvalue weighted by Crippen LogP contribution is 2.21. The molecule has 0 aliphatic heterocycles. The van der Waals surface area contributed by atoms with Crippen LogP contribution in [0.3, 0.4) is 0 Å². The van der Waals surface area contributed by atoms with Crippen LogP contribution in [-0.4, -0.2) is 27.8 Å². The number of ether oxygens (including phenoxy) is 1. The smallest absolute Gasteiger partial charge is 0.250 e. The van der Waals surface area contributed by atoms with Crippen LogP contribution in [0.15, 0.2) is 89.1 Å². The fourth-order valence-corrected chi connectivity index (χ4v) is 3.30. The molecule has 29 heavy (non-hydrogen) atoms. The van der Waals surface area contributed by atoms with Crippen molar-refractivity contribution < 1.29 is 9.53 Å². The highest BCUT2D eigenvalue weighted by Gasteiger charge is 2.06. The molecule has 7 heteroatoms. The van der Waals surface area contributed by atoms with Gasteiger partial charge in [0.05, 0.1) is 23.0 Å². The molecule has 1 amide bonds. The van der Waals surface area contributed by atoms with Crippen molar-refractivity contribution in [3.05, 3.63) is 84.4 Å². The van der Waals surface area contributed by atoms with Crippen molar-refractivity contribution in [2.75, 3.05) is 5.75 Å². The lowest BCUT2D eigenvalue weighted by molar-refractivity contribution is -0.118. The van der Waals surface area contributed by atoms with Crippen molar-refractivity contribution in [2.24, 2.45) is 5.10 Å². The molecule has 6 nitrogen and oxygen atoms in total. The Morgan fingerprint density at radius 2 is 1.83 bits per heavy atom. The van der Waals surface area contributed by atoms with Gasteiger partial charge in [-0.05, 0) is 42.0 Å². The number of rotatable bonds is 7. The number of para-hydroxylation sites is 3. The Hall–Kier alpha value is -3.58. The lowest BCUT2D eigenvalue weighted by Crippen LogP contribution is -2.19. The SMILES string of the molecule is O=C(CSc1nc2ccccc2[nH]1)N/N=C\c1cccc(Oc2ccccc2)c1. The van der Waals surface area contributed by atoms with Gasteiger partial charge >= 0.3 is 0 Å². The Kier molecular flexibility index (Phi) is 5.87. The normalized spacial score (nSPS) is 11.0. The largest absolute Gasteiger partial charge is 0.457 e. The Bertz CT molecular complexity index is 1110. The number of hydrogen-bond donors (Lipinski definition) is 2. The second-order valence-electron chi connectivity index (χ2n) is 6.13. The number of nitrogens with one attached hydrogen (secondary N) is 2. The van der Waals surface area contributed by atoms with Crippen molar-refractivity contribution >= 4 is 34.9 Å². The number of aromatic amines is 1. The van der Waals surface area contributed by atoms with Gasteiger partial charge in [0.2, 0.25) is 0 Å². The summed E-state index contributed by atoms with van der Waals surface area (Å²) in [6.07, 6.45) is 1.58. The summed E-state index contributed by atoms with van der Waals surface area (Å²) in [5.74, 6) is 1.47. The molecule has 0 atom stereocenters. The van der Waals surface area contributed by atoms with Gasteiger partial charge in [-0.25, -0.2) is 10.4 Å². The summed E-state index contributed by atoms with van der Waals surface area (Å²) in [4.78, 5) is 19.6. The van der Waals surface area contributed by atoms with Gasteiger partial charge < -0.3 is 9.72 Å². The number of thioether (sulfide) groups is 1. The molecule has 0 unspecified atom stereocenters. The Morgan fingerprint density at radius 1 is 1.03 bits per heavy atom. The molecule has 0 saturated carbocycles. The van der Waals surface area contributed by atoms with E-state index in [1.54, 1.807) is 6.21 Å². The van der Waals surface area contributed by atoms with Crippen molar-refractivity contribution in [1.29, 1.82) is 0 Å². The number of fused-ring (bicyclic) bond motifs is 1. The second kappa shape index (κ2) is 9.07. The molecule has 0 aliphatic rings. The van der Waals surface area contributed by atoms with E-state index in [1.807, 2.05) is 78.9 Å². The van der Waals surface area contributed by atoms with E-state index in [1.165, 1.54) is 11.8 Å². The minimum Gasteiger partial charge on any atom is -0.457 e. The van der Waals surface area contributed by atoms with E-state index < -0.39 is 0 Å². The van der Waals surface area contributed by atoms with E-state index in [9.17, 15) is 4.79 Å². The third-order valence-corrected chi connectivity index (χ3v) is 4.82. The molecule has 0 spiro atoms. The van der Waals surface area contributed by atoms with Gasteiger partial charge in [0, 0.05) is 0 Å². The molecule has 0 radical (unpaired) electrons. The first-order valence-corrected chi connectivity index (χ1v) is 9.97. The first kappa shape index (κ1) is 18.8. The van der Waals surface area contributed by atoms with Crippen LogP contribution in [0.5, 0.6) is 11.5 Å². The molecule has 1 heterocycles. The number of aromatic nitrogens is 2. The molecular weight excluding hydrogens is 384 g/mol. The van der Waals surface area contributed by atoms with Gasteiger partial charge in [0.1, 0.15) is 11.5 Å². The van der Waals surface area contributed by atoms with Crippen molar-refractivity contribution in [2.45, 2.75) is 5.16 Å². The van der Waals surface area contributed by atoms with Crippen LogP contribution in [0.2, 0.25) is 0 Å². The van der Waals surface area contributed by atoms with E-state index >= 15 is 0 Å². The number of hydrazone groups is 1. The number of hydrogen-bond acceptors (Lipinski definition) is 5. The zero-order chi connectivity index (χ0) is 19.9. The lowest BCUT2D eigenvalue weighted by Gasteiger charge is -2.05. The van der Waals surface area contributed by atoms with Gasteiger partial charge in [0.25, 0.3) is 5.91 Å². The maximum absolute atomic E-state index is 12.0. The Labute approximate surface area is 172 Å². The van der Waals surface area contributed by atoms with Gasteiger partial charge in [-0.3, -0.25) is 4.79 Å². The number of H-pyrrole nitrogens is 1. The monoisotopic (exact) mass is 402 g/mol. The molecule has 0 fully saturated rings. The average Bonchev–Trinajstić information content (AvgIpc) is 3.16. The number of nitrogens with zero attached hydrogens (tertiary/aromatic N) is 2. The van der Waals surface area contributed by atoms with Gasteiger partial charge in [0.15, 0.2) is 5.16 Å². The maximum Gasteiger partial charge on any atom is 0.250 e. The third kappa shape index (κ3) is 5.24. The first-order valence-electron chi connectivity index (χ1n) is 8.99. The molecule has 144 valence electrons. The highest BCUT2D eigenvalue weighted by atomic mass is 32.2. The molecule has 4 rings (SSSR count). The van der Waals surface area contributed by atoms with Crippen molar-refractivity contribution in [3.8, 4) is 11.5 Å². The molecule has 0 aliphatic carbocycles. The van der Waals surface area contributed by atoms with Crippen molar-refractivity contribution in [1.82, 2.24) is 15.4 Å². The van der Waals surface area contributed by atoms with Crippen LogP contribution in [0.4, 0.5) is 0 Å². The first-order chi connectivity index (χ1) is 14.3. The maximum atomic E-state index is 12.0. The molecular formula is C22H18N4O2S. The summed E-state index contributed by atoms with van der Waals surface area (Å²) < 4.78 is 5.80. The van der Waals surface area contributed by atoms with Gasteiger partial charge in [-0.15, -0.1) is 0 Å². The molecule has 3 aromatic carbocycles. The molecule has 4 aromatic rings. The highest BCUT2D eigenvalue weighted by molar-refractivity contribution is 7.99. The fourth-order valence-electron chi connectivity index (χ4n) is 2.63. The number of imidazole rings is 1. The summed E-state index contributed by atoms with van der Waals surface area (Å²) >= 11 is 1.33. The Balaban J connectivity index is 1.29. The summed E-state index contributed by atoms with van der Waals surface area (Å²) in [5.41, 5.74) is 5.18. The van der Waals surface area contributed by atoms with Crippen LogP contribution >= 0.6 is 11.8 Å². The van der Waals surface area contributed by atoms with E-state index in [0.717, 1.165) is 22.3 Å². The van der Waals surface area contributed by atoms with Crippen LogP contribution < -0.4 is 10.2 Å². The van der Waals surface area contributed by atoms with Crippen LogP contribution in [0.25, 0.3) is 11.0 Å². The van der Waals surface area contributed by atoms with Crippen LogP contribution in [-0.2, 0) is 4.79 Å². The topological polar surface area (TPSA) is 79.4 Å². The predicted molar refractivity (Wildman–Crippen MR) is 116 cm³/mol. The zero-order valence-corrected chi connectivity index (χ0v) is 16.2. The van der Waals surface area contributed by atoms with Gasteiger partial charge in [-0.2, -0.15) is 5.10 Å². The number of carbonyl (C=O) groups excluding carboxylic acids is 1. The quantitative estimate of drug-likeness (QED) is 0.269.